The number of carbonyl (C=O) groups is 1. The number of anilines is 1. The molecule has 1 aromatic heterocycles. The maximum Gasteiger partial charge on any atom is 0.252 e. The molecule has 0 spiro atoms. The van der Waals surface area contributed by atoms with Crippen LogP contribution < -0.4 is 16.8 Å². The van der Waals surface area contributed by atoms with Gasteiger partial charge in [0.15, 0.2) is 0 Å². The number of primary amides is 1. The van der Waals surface area contributed by atoms with Crippen LogP contribution in [0.3, 0.4) is 0 Å². The van der Waals surface area contributed by atoms with Crippen molar-refractivity contribution in [3.8, 4) is 0 Å². The van der Waals surface area contributed by atoms with Crippen molar-refractivity contribution in [3.05, 3.63) is 23.9 Å². The van der Waals surface area contributed by atoms with Gasteiger partial charge in [-0.1, -0.05) is 0 Å². The second-order valence-electron chi connectivity index (χ2n) is 4.15. The largest absolute Gasteiger partial charge is 0.368 e. The summed E-state index contributed by atoms with van der Waals surface area (Å²) >= 11 is 0. The van der Waals surface area contributed by atoms with E-state index in [4.69, 9.17) is 11.5 Å². The summed E-state index contributed by atoms with van der Waals surface area (Å²) in [4.78, 5) is 15.2. The van der Waals surface area contributed by atoms with Gasteiger partial charge in [0, 0.05) is 18.8 Å². The zero-order valence-corrected chi connectivity index (χ0v) is 9.02. The fourth-order valence-electron chi connectivity index (χ4n) is 1.65. The lowest BCUT2D eigenvalue weighted by Crippen LogP contribution is -2.32. The first-order valence-corrected chi connectivity index (χ1v) is 5.42. The quantitative estimate of drug-likeness (QED) is 0.666. The Kier molecular flexibility index (Phi) is 3.05. The second kappa shape index (κ2) is 4.49. The summed E-state index contributed by atoms with van der Waals surface area (Å²) in [6.45, 7) is 0.627. The number of nitrogens with two attached hydrogens (primary N) is 2. The Balaban J connectivity index is 1.99. The predicted octanol–water partition coefficient (Wildman–Crippen LogP) is 0.330. The first-order chi connectivity index (χ1) is 7.68. The molecule has 0 radical (unpaired) electrons. The number of pyridine rings is 1. The van der Waals surface area contributed by atoms with E-state index in [2.05, 4.69) is 10.3 Å². The topological polar surface area (TPSA) is 94.0 Å². The number of nitrogens with zero attached hydrogens (tertiary/aromatic N) is 1. The van der Waals surface area contributed by atoms with Crippen molar-refractivity contribution < 1.29 is 4.79 Å². The van der Waals surface area contributed by atoms with E-state index in [1.54, 1.807) is 18.3 Å². The number of amides is 1. The lowest BCUT2D eigenvalue weighted by Gasteiger charge is -2.13. The Morgan fingerprint density at radius 1 is 1.62 bits per heavy atom. The lowest BCUT2D eigenvalue weighted by atomic mass is 10.2. The minimum absolute atomic E-state index is 0.128. The van der Waals surface area contributed by atoms with E-state index >= 15 is 0 Å². The van der Waals surface area contributed by atoms with Gasteiger partial charge in [-0.2, -0.15) is 0 Å². The van der Waals surface area contributed by atoms with Crippen molar-refractivity contribution in [3.63, 3.8) is 0 Å². The number of aromatic nitrogens is 1. The van der Waals surface area contributed by atoms with Gasteiger partial charge in [0.05, 0.1) is 5.56 Å². The van der Waals surface area contributed by atoms with Crippen LogP contribution in [0, 0.1) is 5.92 Å². The molecule has 1 saturated carbocycles. The van der Waals surface area contributed by atoms with Crippen LogP contribution in [-0.4, -0.2) is 23.5 Å². The Morgan fingerprint density at radius 2 is 2.38 bits per heavy atom. The van der Waals surface area contributed by atoms with Crippen molar-refractivity contribution in [1.82, 2.24) is 4.98 Å². The fourth-order valence-corrected chi connectivity index (χ4v) is 1.65. The van der Waals surface area contributed by atoms with Gasteiger partial charge < -0.3 is 16.8 Å². The van der Waals surface area contributed by atoms with Crippen LogP contribution in [0.15, 0.2) is 18.3 Å². The highest BCUT2D eigenvalue weighted by Gasteiger charge is 2.28. The molecule has 16 heavy (non-hydrogen) atoms. The van der Waals surface area contributed by atoms with E-state index in [1.165, 1.54) is 12.8 Å². The summed E-state index contributed by atoms with van der Waals surface area (Å²) in [5.41, 5.74) is 11.6. The van der Waals surface area contributed by atoms with Gasteiger partial charge in [0.25, 0.3) is 5.91 Å². The molecule has 0 aromatic carbocycles. The third-order valence-corrected chi connectivity index (χ3v) is 2.81. The van der Waals surface area contributed by atoms with Crippen LogP contribution in [0.1, 0.15) is 23.2 Å². The predicted molar refractivity (Wildman–Crippen MR) is 61.9 cm³/mol. The third kappa shape index (κ3) is 2.49. The van der Waals surface area contributed by atoms with Crippen LogP contribution in [0.2, 0.25) is 0 Å². The zero-order valence-electron chi connectivity index (χ0n) is 9.02. The third-order valence-electron chi connectivity index (χ3n) is 2.81. The number of hydrogen-bond donors (Lipinski definition) is 3. The molecule has 0 saturated heterocycles. The minimum atomic E-state index is -0.476. The molecule has 1 fully saturated rings. The van der Waals surface area contributed by atoms with Crippen molar-refractivity contribution in [2.75, 3.05) is 11.9 Å². The summed E-state index contributed by atoms with van der Waals surface area (Å²) in [5, 5.41) is 3.08. The molecule has 1 unspecified atom stereocenters. The minimum Gasteiger partial charge on any atom is -0.368 e. The van der Waals surface area contributed by atoms with Crippen LogP contribution in [-0.2, 0) is 0 Å². The van der Waals surface area contributed by atoms with Crippen LogP contribution >= 0.6 is 0 Å². The average Bonchev–Trinajstić information content (AvgIpc) is 3.10. The monoisotopic (exact) mass is 220 g/mol. The Morgan fingerprint density at radius 3 is 3.00 bits per heavy atom. The molecular weight excluding hydrogens is 204 g/mol. The fraction of sp³-hybridized carbons (Fsp3) is 0.455. The summed E-state index contributed by atoms with van der Waals surface area (Å²) in [5.74, 6) is 0.662. The molecule has 1 aliphatic rings. The molecule has 1 atom stereocenters. The number of rotatable bonds is 5. The Hall–Kier alpha value is -1.62. The molecule has 1 heterocycles. The number of nitrogens with one attached hydrogen (secondary N) is 1. The molecule has 86 valence electrons. The molecule has 0 aliphatic heterocycles. The molecular formula is C11H16N4O. The van der Waals surface area contributed by atoms with Crippen molar-refractivity contribution in [2.24, 2.45) is 17.4 Å². The van der Waals surface area contributed by atoms with Crippen LogP contribution in [0.5, 0.6) is 0 Å². The van der Waals surface area contributed by atoms with E-state index in [9.17, 15) is 4.79 Å². The van der Waals surface area contributed by atoms with Gasteiger partial charge in [0.1, 0.15) is 5.82 Å². The average molecular weight is 220 g/mol. The first-order valence-electron chi connectivity index (χ1n) is 5.42. The van der Waals surface area contributed by atoms with Crippen LogP contribution in [0.4, 0.5) is 5.82 Å². The second-order valence-corrected chi connectivity index (χ2v) is 4.15. The molecule has 2 rings (SSSR count). The molecule has 5 nitrogen and oxygen atoms in total. The zero-order chi connectivity index (χ0) is 11.5. The first kappa shape index (κ1) is 10.9. The lowest BCUT2D eigenvalue weighted by molar-refractivity contribution is 0.100. The van der Waals surface area contributed by atoms with Gasteiger partial charge in [-0.25, -0.2) is 4.98 Å². The molecule has 0 bridgehead atoms. The van der Waals surface area contributed by atoms with E-state index in [0.29, 0.717) is 23.8 Å². The summed E-state index contributed by atoms with van der Waals surface area (Å²) < 4.78 is 0. The summed E-state index contributed by atoms with van der Waals surface area (Å²) in [6, 6.07) is 3.47. The van der Waals surface area contributed by atoms with E-state index in [1.807, 2.05) is 0 Å². The summed E-state index contributed by atoms with van der Waals surface area (Å²) in [6.07, 6.45) is 4.03. The molecule has 1 aromatic rings. The number of hydrogen-bond acceptors (Lipinski definition) is 4. The van der Waals surface area contributed by atoms with Crippen molar-refractivity contribution in [2.45, 2.75) is 18.9 Å². The maximum absolute atomic E-state index is 11.1. The van der Waals surface area contributed by atoms with Crippen molar-refractivity contribution in [1.29, 1.82) is 0 Å². The standard InChI is InChI=1S/C11H16N4O/c12-9(7-3-4-7)6-15-11-8(10(13)16)2-1-5-14-11/h1-2,5,7,9H,3-4,6,12H2,(H2,13,16)(H,14,15). The van der Waals surface area contributed by atoms with Crippen LogP contribution in [0.25, 0.3) is 0 Å². The highest BCUT2D eigenvalue weighted by Crippen LogP contribution is 2.31. The van der Waals surface area contributed by atoms with Crippen molar-refractivity contribution >= 4 is 11.7 Å². The number of carbonyl (C=O) groups excluding carboxylic acids is 1. The Bertz CT molecular complexity index is 389. The Labute approximate surface area is 94.2 Å². The summed E-state index contributed by atoms with van der Waals surface area (Å²) in [7, 11) is 0. The van der Waals surface area contributed by atoms with Gasteiger partial charge >= 0.3 is 0 Å². The molecule has 5 heteroatoms. The highest BCUT2D eigenvalue weighted by molar-refractivity contribution is 5.97. The normalized spacial score (nSPS) is 16.8. The SMILES string of the molecule is NC(=O)c1cccnc1NCC(N)C1CC1. The molecule has 1 amide bonds. The smallest absolute Gasteiger partial charge is 0.252 e. The van der Waals surface area contributed by atoms with E-state index in [-0.39, 0.29) is 6.04 Å². The van der Waals surface area contributed by atoms with Gasteiger partial charge in [0.2, 0.25) is 0 Å². The van der Waals surface area contributed by atoms with Gasteiger partial charge in [-0.05, 0) is 30.9 Å². The van der Waals surface area contributed by atoms with Gasteiger partial charge in [-0.15, -0.1) is 0 Å². The highest BCUT2D eigenvalue weighted by atomic mass is 16.1. The van der Waals surface area contributed by atoms with E-state index < -0.39 is 5.91 Å². The maximum atomic E-state index is 11.1. The molecule has 5 N–H and O–H groups in total. The van der Waals surface area contributed by atoms with Gasteiger partial charge in [-0.3, -0.25) is 4.79 Å². The van der Waals surface area contributed by atoms with E-state index in [0.717, 1.165) is 0 Å². The molecule has 1 aliphatic carbocycles.